The summed E-state index contributed by atoms with van der Waals surface area (Å²) >= 11 is 14.5. The number of amides is 4. The molecule has 60 heavy (non-hydrogen) atoms. The Morgan fingerprint density at radius 1 is 0.317 bits per heavy atom. The van der Waals surface area contributed by atoms with Crippen molar-refractivity contribution in [2.24, 2.45) is 0 Å². The number of carbonyl (C=O) groups is 2. The van der Waals surface area contributed by atoms with Gasteiger partial charge in [0.2, 0.25) is 0 Å². The van der Waals surface area contributed by atoms with Gasteiger partial charge in [-0.15, -0.1) is 0 Å². The molecule has 2 heterocycles. The number of nitrogens with zero attached hydrogens (tertiary/aromatic N) is 4. The Bertz CT molecular complexity index is 1480. The van der Waals surface area contributed by atoms with E-state index < -0.39 is 24.2 Å². The molecule has 0 aromatic heterocycles. The van der Waals surface area contributed by atoms with Crippen LogP contribution in [0.25, 0.3) is 0 Å². The zero-order chi connectivity index (χ0) is 49.1. The van der Waals surface area contributed by atoms with Gasteiger partial charge in [-0.2, -0.15) is 0 Å². The van der Waals surface area contributed by atoms with E-state index in [1.54, 1.807) is 28.2 Å². The van der Waals surface area contributed by atoms with Crippen molar-refractivity contribution in [1.82, 2.24) is 41.6 Å². The summed E-state index contributed by atoms with van der Waals surface area (Å²) in [6.07, 6.45) is 0. The van der Waals surface area contributed by atoms with E-state index in [1.807, 2.05) is 0 Å². The SMILES string of the molecule is CC(C)(C)NP1([Se-])=[N+](C(C)(C)C)P([Se-])(NC(C)(C)C)=[N+]1C(C)(C)C.CC(C)(C)NP1([Se-])=[N+](C(C)(C)C)P([Se-])(NC(C)(C)C)=[N+]1C(C)(C)C.CNC(=O)NC.CNC(=O)NC. The van der Waals surface area contributed by atoms with Crippen LogP contribution in [0.3, 0.4) is 0 Å². The summed E-state index contributed by atoms with van der Waals surface area (Å²) in [5.74, 6) is 0. The van der Waals surface area contributed by atoms with Crippen LogP contribution in [0.15, 0.2) is 0 Å². The van der Waals surface area contributed by atoms with Crippen LogP contribution >= 0.6 is 24.2 Å². The van der Waals surface area contributed by atoms with Crippen molar-refractivity contribution in [1.29, 1.82) is 0 Å². The number of hydrogen-bond donors (Lipinski definition) is 8. The van der Waals surface area contributed by atoms with Crippen LogP contribution in [-0.4, -0.2) is 163 Å². The molecule has 0 aromatic rings. The standard InChI is InChI=1S/2C16H36N4P2Se2.2C3H8N2O/c2*1-13(2,3)17-21(23)19(15(7,8)9)22(24,18-14(4,5)6)20(21)16(10,11)12;2*1-4-3(6)5-2/h2*1-12H3;2*1-2H3,(H2,4,5,6)/q2*-2;;/p+4. The van der Waals surface area contributed by atoms with Crippen molar-refractivity contribution in [2.75, 3.05) is 28.2 Å². The van der Waals surface area contributed by atoms with E-state index in [0.29, 0.717) is 0 Å². The van der Waals surface area contributed by atoms with Gasteiger partial charge in [0.25, 0.3) is 0 Å². The normalized spacial score (nSPS) is 25.2. The van der Waals surface area contributed by atoms with Crippen LogP contribution in [0.4, 0.5) is 9.59 Å². The van der Waals surface area contributed by atoms with Gasteiger partial charge in [0.15, 0.2) is 0 Å². The minimum absolute atomic E-state index is 0.0407. The van der Waals surface area contributed by atoms with Crippen molar-refractivity contribution in [2.45, 2.75) is 210 Å². The van der Waals surface area contributed by atoms with E-state index in [2.05, 4.69) is 286 Å². The maximum absolute atomic E-state index is 9.96. The molecule has 2 aliphatic heterocycles. The average molecular weight is 1190 g/mol. The molecule has 2 aliphatic rings. The molecule has 0 radical (unpaired) electrons. The van der Waals surface area contributed by atoms with Crippen molar-refractivity contribution in [3.05, 3.63) is 0 Å². The number of carbonyl (C=O) groups excluding carboxylic acids is 2. The third-order valence-electron chi connectivity index (χ3n) is 7.29. The van der Waals surface area contributed by atoms with Gasteiger partial charge in [-0.25, -0.2) is 9.59 Å². The van der Waals surface area contributed by atoms with E-state index in [0.717, 1.165) is 0 Å². The number of rotatable bonds is 4. The fourth-order valence-electron chi connectivity index (χ4n) is 6.54. The summed E-state index contributed by atoms with van der Waals surface area (Å²) in [6.45, 7) is 54.9. The molecule has 0 atom stereocenters. The Kier molecular flexibility index (Phi) is 22.8. The molecule has 2 rings (SSSR count). The topological polar surface area (TPSA) is 142 Å². The van der Waals surface area contributed by atoms with E-state index >= 15 is 0 Å². The summed E-state index contributed by atoms with van der Waals surface area (Å²) in [6, 6.07) is -7.47. The second kappa shape index (κ2) is 21.6. The second-order valence-corrected chi connectivity index (χ2v) is 45.7. The quantitative estimate of drug-likeness (QED) is 0.105. The first kappa shape index (κ1) is 63.5. The number of hydrogen-bond acceptors (Lipinski definition) is 6. The fraction of sp³-hybridized carbons (Fsp3) is 0.947. The Hall–Kier alpha value is 1.38. The fourth-order valence-corrected chi connectivity index (χ4v) is 68.8. The van der Waals surface area contributed by atoms with E-state index in [9.17, 15) is 9.59 Å². The van der Waals surface area contributed by atoms with Crippen molar-refractivity contribution in [3.8, 4) is 0 Å². The number of nitrogens with one attached hydrogen (secondary N) is 8. The smallest absolute Gasteiger partial charge is 0.314 e. The average Bonchev–Trinajstić information content (AvgIpc) is 2.88. The molecule has 8 N–H and O–H groups in total. The van der Waals surface area contributed by atoms with E-state index in [4.69, 9.17) is 0 Å². The largest absolute Gasteiger partial charge is 0.341 e. The van der Waals surface area contributed by atoms with Crippen molar-refractivity contribution < 1.29 is 26.0 Å². The molecule has 0 fully saturated rings. The first-order valence-electron chi connectivity index (χ1n) is 20.5. The zero-order valence-electron chi connectivity index (χ0n) is 43.0. The summed E-state index contributed by atoms with van der Waals surface area (Å²) in [7, 11) is 6.27. The maximum atomic E-state index is 9.96. The minimum Gasteiger partial charge on any atom is -0.341 e. The van der Waals surface area contributed by atoms with Gasteiger partial charge in [-0.05, 0) is 0 Å². The van der Waals surface area contributed by atoms with Crippen LogP contribution in [0.1, 0.15) is 166 Å². The van der Waals surface area contributed by atoms with Gasteiger partial charge in [-0.3, -0.25) is 0 Å². The summed E-state index contributed by atoms with van der Waals surface area (Å²) < 4.78 is 10.8. The van der Waals surface area contributed by atoms with Gasteiger partial charge < -0.3 is 21.3 Å². The predicted molar refractivity (Wildman–Crippen MR) is 269 cm³/mol. The second-order valence-electron chi connectivity index (χ2n) is 23.1. The molecule has 0 aliphatic carbocycles. The Morgan fingerprint density at radius 3 is 0.483 bits per heavy atom. The molecule has 360 valence electrons. The Morgan fingerprint density at radius 2 is 0.433 bits per heavy atom. The summed E-state index contributed by atoms with van der Waals surface area (Å²) in [5, 5.41) is 25.3. The Labute approximate surface area is 401 Å². The molecule has 0 bridgehead atoms. The molecule has 4 amide bonds. The molecule has 14 nitrogen and oxygen atoms in total. The van der Waals surface area contributed by atoms with Gasteiger partial charge in [0.05, 0.1) is 0 Å². The monoisotopic (exact) mass is 1190 g/mol. The Balaban J connectivity index is 0. The van der Waals surface area contributed by atoms with Gasteiger partial charge in [0.1, 0.15) is 0 Å². The molecule has 0 spiro atoms. The van der Waals surface area contributed by atoms with Gasteiger partial charge >= 0.3 is 346 Å². The van der Waals surface area contributed by atoms with Crippen LogP contribution in [0.2, 0.25) is 0 Å². The molecule has 0 saturated heterocycles. The maximum Gasteiger partial charge on any atom is 0.314 e. The van der Waals surface area contributed by atoms with E-state index in [-0.39, 0.29) is 56.4 Å². The summed E-state index contributed by atoms with van der Waals surface area (Å²) in [5.41, 5.74) is 0.370. The van der Waals surface area contributed by atoms with Gasteiger partial charge in [0, 0.05) is 28.2 Å². The first-order valence-corrected chi connectivity index (χ1v) is 36.2. The molecule has 22 heteroatoms. The minimum atomic E-state index is -1.79. The molecule has 0 unspecified atom stereocenters. The molecular formula is C38H92N12O2P4Se4. The van der Waals surface area contributed by atoms with E-state index in [1.165, 1.54) is 0 Å². The van der Waals surface area contributed by atoms with Crippen molar-refractivity contribution in [3.63, 3.8) is 0 Å². The predicted octanol–water partition coefficient (Wildman–Crippen LogP) is 8.35. The molecule has 0 saturated carbocycles. The van der Waals surface area contributed by atoms with Crippen LogP contribution in [0, 0.1) is 0 Å². The third kappa shape index (κ3) is 18.2. The summed E-state index contributed by atoms with van der Waals surface area (Å²) in [4.78, 5) is 19.9. The molecule has 0 aromatic carbocycles. The zero-order valence-corrected chi connectivity index (χ0v) is 53.5. The third-order valence-corrected chi connectivity index (χ3v) is 43.3. The van der Waals surface area contributed by atoms with Crippen molar-refractivity contribution >= 4 is 98.5 Å². The van der Waals surface area contributed by atoms with Crippen LogP contribution in [-0.2, 0) is 0 Å². The van der Waals surface area contributed by atoms with Gasteiger partial charge in [-0.1, -0.05) is 0 Å². The van der Waals surface area contributed by atoms with Crippen LogP contribution in [0.5, 0.6) is 0 Å². The van der Waals surface area contributed by atoms with Crippen LogP contribution < -0.4 is 41.6 Å². The number of urea groups is 2. The molecular weight excluding hydrogens is 1100 g/mol. The first-order chi connectivity index (χ1) is 25.9.